The summed E-state index contributed by atoms with van der Waals surface area (Å²) in [4.78, 5) is 4.55. The Morgan fingerprint density at radius 3 is 2.84 bits per heavy atom. The number of aliphatic hydroxyl groups excluding tert-OH is 1. The normalized spacial score (nSPS) is 23.7. The van der Waals surface area contributed by atoms with Gasteiger partial charge in [-0.3, -0.25) is 4.90 Å². The van der Waals surface area contributed by atoms with Gasteiger partial charge >= 0.3 is 0 Å². The molecule has 0 spiro atoms. The van der Waals surface area contributed by atoms with Crippen LogP contribution in [0.5, 0.6) is 0 Å². The van der Waals surface area contributed by atoms with Crippen LogP contribution in [-0.4, -0.2) is 69.2 Å². The Balaban J connectivity index is 1.53. The van der Waals surface area contributed by atoms with Gasteiger partial charge in [-0.05, 0) is 49.9 Å². The number of rotatable bonds is 7. The molecule has 1 aromatic carbocycles. The molecule has 0 aliphatic carbocycles. The quantitative estimate of drug-likeness (QED) is 0.820. The Bertz CT molecular complexity index is 531. The summed E-state index contributed by atoms with van der Waals surface area (Å²) in [5.41, 5.74) is 2.58. The van der Waals surface area contributed by atoms with Gasteiger partial charge in [0.05, 0.1) is 18.8 Å². The second kappa shape index (κ2) is 8.99. The zero-order valence-electron chi connectivity index (χ0n) is 15.6. The van der Waals surface area contributed by atoms with Gasteiger partial charge in [-0.2, -0.15) is 0 Å². The lowest BCUT2D eigenvalue weighted by Gasteiger charge is -2.29. The summed E-state index contributed by atoms with van der Waals surface area (Å²) in [7, 11) is 4.14. The molecule has 2 saturated heterocycles. The van der Waals surface area contributed by atoms with E-state index in [0.29, 0.717) is 19.2 Å². The zero-order valence-corrected chi connectivity index (χ0v) is 15.6. The SMILES string of the molecule is CN(C)c1cccc(C2CCCN2CC(O)COC2CCOCC2)c1. The molecule has 3 rings (SSSR count). The lowest BCUT2D eigenvalue weighted by molar-refractivity contribution is -0.0647. The number of anilines is 1. The van der Waals surface area contributed by atoms with E-state index >= 15 is 0 Å². The highest BCUT2D eigenvalue weighted by atomic mass is 16.5. The minimum atomic E-state index is -0.430. The van der Waals surface area contributed by atoms with Gasteiger partial charge in [-0.1, -0.05) is 12.1 Å². The Labute approximate surface area is 151 Å². The van der Waals surface area contributed by atoms with Crippen LogP contribution in [0.3, 0.4) is 0 Å². The summed E-state index contributed by atoms with van der Waals surface area (Å²) >= 11 is 0. The van der Waals surface area contributed by atoms with Gasteiger partial charge < -0.3 is 19.5 Å². The predicted octanol–water partition coefficient (Wildman–Crippen LogP) is 2.45. The molecular weight excluding hydrogens is 316 g/mol. The molecule has 140 valence electrons. The minimum Gasteiger partial charge on any atom is -0.389 e. The monoisotopic (exact) mass is 348 g/mol. The maximum Gasteiger partial charge on any atom is 0.0900 e. The lowest BCUT2D eigenvalue weighted by atomic mass is 10.0. The first-order chi connectivity index (χ1) is 12.1. The fourth-order valence-electron chi connectivity index (χ4n) is 3.85. The minimum absolute atomic E-state index is 0.245. The Hall–Kier alpha value is -1.14. The highest BCUT2D eigenvalue weighted by Crippen LogP contribution is 2.33. The first-order valence-electron chi connectivity index (χ1n) is 9.52. The van der Waals surface area contributed by atoms with Crippen LogP contribution in [0.4, 0.5) is 5.69 Å². The second-order valence-electron chi connectivity index (χ2n) is 7.44. The van der Waals surface area contributed by atoms with E-state index in [4.69, 9.17) is 9.47 Å². The first-order valence-corrected chi connectivity index (χ1v) is 9.52. The van der Waals surface area contributed by atoms with Crippen molar-refractivity contribution in [3.8, 4) is 0 Å². The van der Waals surface area contributed by atoms with E-state index < -0.39 is 6.10 Å². The van der Waals surface area contributed by atoms with Gasteiger partial charge in [0.25, 0.3) is 0 Å². The molecule has 2 heterocycles. The van der Waals surface area contributed by atoms with Crippen molar-refractivity contribution in [1.82, 2.24) is 4.90 Å². The van der Waals surface area contributed by atoms with Crippen LogP contribution >= 0.6 is 0 Å². The van der Waals surface area contributed by atoms with Crippen LogP contribution in [0.15, 0.2) is 24.3 Å². The van der Waals surface area contributed by atoms with Gasteiger partial charge in [0.2, 0.25) is 0 Å². The van der Waals surface area contributed by atoms with Crippen LogP contribution in [0, 0.1) is 0 Å². The molecule has 0 amide bonds. The van der Waals surface area contributed by atoms with Gasteiger partial charge in [-0.25, -0.2) is 0 Å². The highest BCUT2D eigenvalue weighted by Gasteiger charge is 2.28. The van der Waals surface area contributed by atoms with E-state index in [2.05, 4.69) is 48.2 Å². The van der Waals surface area contributed by atoms with Crippen molar-refractivity contribution in [3.63, 3.8) is 0 Å². The summed E-state index contributed by atoms with van der Waals surface area (Å²) in [6.07, 6.45) is 4.04. The van der Waals surface area contributed by atoms with Crippen LogP contribution in [-0.2, 0) is 9.47 Å². The van der Waals surface area contributed by atoms with Gasteiger partial charge in [0.15, 0.2) is 0 Å². The fourth-order valence-corrected chi connectivity index (χ4v) is 3.85. The maximum absolute atomic E-state index is 10.4. The standard InChI is InChI=1S/C20H32N2O3/c1-21(2)17-6-3-5-16(13-17)20-7-4-10-22(20)14-18(23)15-25-19-8-11-24-12-9-19/h3,5-6,13,18-20,23H,4,7-12,14-15H2,1-2H3. The number of nitrogens with zero attached hydrogens (tertiary/aromatic N) is 2. The molecule has 2 atom stereocenters. The maximum atomic E-state index is 10.4. The average molecular weight is 348 g/mol. The number of hydrogen-bond acceptors (Lipinski definition) is 5. The van der Waals surface area contributed by atoms with E-state index in [-0.39, 0.29) is 6.10 Å². The number of ether oxygens (including phenoxy) is 2. The molecule has 2 fully saturated rings. The van der Waals surface area contributed by atoms with Crippen LogP contribution < -0.4 is 4.90 Å². The third kappa shape index (κ3) is 5.17. The van der Waals surface area contributed by atoms with E-state index in [1.54, 1.807) is 0 Å². The summed E-state index contributed by atoms with van der Waals surface area (Å²) in [6, 6.07) is 9.15. The van der Waals surface area contributed by atoms with Crippen molar-refractivity contribution in [2.45, 2.75) is 43.9 Å². The Kier molecular flexibility index (Phi) is 6.70. The van der Waals surface area contributed by atoms with E-state index in [1.807, 2.05) is 0 Å². The summed E-state index contributed by atoms with van der Waals surface area (Å²) in [6.45, 7) is 3.70. The third-order valence-corrected chi connectivity index (χ3v) is 5.27. The van der Waals surface area contributed by atoms with Crippen molar-refractivity contribution in [2.75, 3.05) is 51.9 Å². The number of benzene rings is 1. The first kappa shape index (κ1) is 18.6. The molecule has 2 aliphatic rings. The van der Waals surface area contributed by atoms with Crippen molar-refractivity contribution < 1.29 is 14.6 Å². The van der Waals surface area contributed by atoms with E-state index in [1.165, 1.54) is 17.7 Å². The molecule has 2 aliphatic heterocycles. The molecular formula is C20H32N2O3. The number of β-amino-alcohol motifs (C(OH)–C–C–N with tert-alkyl or cyclic N) is 1. The van der Waals surface area contributed by atoms with Gasteiger partial charge in [0.1, 0.15) is 0 Å². The largest absolute Gasteiger partial charge is 0.389 e. The van der Waals surface area contributed by atoms with Crippen LogP contribution in [0.2, 0.25) is 0 Å². The molecule has 25 heavy (non-hydrogen) atoms. The van der Waals surface area contributed by atoms with Gasteiger partial charge in [-0.15, -0.1) is 0 Å². The van der Waals surface area contributed by atoms with Crippen LogP contribution in [0.1, 0.15) is 37.3 Å². The van der Waals surface area contributed by atoms with E-state index in [0.717, 1.165) is 39.0 Å². The molecule has 0 saturated carbocycles. The fraction of sp³-hybridized carbons (Fsp3) is 0.700. The summed E-state index contributed by atoms with van der Waals surface area (Å²) in [5.74, 6) is 0. The molecule has 2 unspecified atom stereocenters. The summed E-state index contributed by atoms with van der Waals surface area (Å²) < 4.78 is 11.2. The Morgan fingerprint density at radius 1 is 1.28 bits per heavy atom. The van der Waals surface area contributed by atoms with E-state index in [9.17, 15) is 5.11 Å². The molecule has 0 radical (unpaired) electrons. The molecule has 0 bridgehead atoms. The molecule has 0 aromatic heterocycles. The smallest absolute Gasteiger partial charge is 0.0900 e. The molecule has 5 nitrogen and oxygen atoms in total. The highest BCUT2D eigenvalue weighted by molar-refractivity contribution is 5.48. The van der Waals surface area contributed by atoms with Crippen LogP contribution in [0.25, 0.3) is 0 Å². The van der Waals surface area contributed by atoms with Crippen molar-refractivity contribution in [3.05, 3.63) is 29.8 Å². The van der Waals surface area contributed by atoms with Crippen molar-refractivity contribution in [1.29, 1.82) is 0 Å². The molecule has 5 heteroatoms. The molecule has 1 N–H and O–H groups in total. The lowest BCUT2D eigenvalue weighted by Crippen LogP contribution is -2.36. The number of hydrogen-bond donors (Lipinski definition) is 1. The number of likely N-dealkylation sites (tertiary alicyclic amines) is 1. The van der Waals surface area contributed by atoms with Crippen molar-refractivity contribution >= 4 is 5.69 Å². The predicted molar refractivity (Wildman–Crippen MR) is 100 cm³/mol. The topological polar surface area (TPSA) is 45.2 Å². The number of aliphatic hydroxyl groups is 1. The second-order valence-corrected chi connectivity index (χ2v) is 7.44. The summed E-state index contributed by atoms with van der Waals surface area (Å²) in [5, 5.41) is 10.4. The van der Waals surface area contributed by atoms with Crippen molar-refractivity contribution in [2.24, 2.45) is 0 Å². The Morgan fingerprint density at radius 2 is 2.08 bits per heavy atom. The molecule has 1 aromatic rings. The third-order valence-electron chi connectivity index (χ3n) is 5.27. The zero-order chi connectivity index (χ0) is 17.6. The average Bonchev–Trinajstić information content (AvgIpc) is 3.09. The van der Waals surface area contributed by atoms with Gasteiger partial charge in [0, 0.05) is 45.6 Å².